The second-order valence-electron chi connectivity index (χ2n) is 9.95. The Balaban J connectivity index is 1.29. The van der Waals surface area contributed by atoms with E-state index >= 15 is 0 Å². The minimum Gasteiger partial charge on any atom is -0.338 e. The number of aryl methyl sites for hydroxylation is 4. The number of anilines is 1. The Bertz CT molecular complexity index is 1050. The van der Waals surface area contributed by atoms with E-state index in [1.165, 1.54) is 33.4 Å². The number of fused-ring (bicyclic) bond motifs is 1. The van der Waals surface area contributed by atoms with E-state index in [-0.39, 0.29) is 17.7 Å². The Morgan fingerprint density at radius 2 is 1.67 bits per heavy atom. The highest BCUT2D eigenvalue weighted by molar-refractivity contribution is 5.91. The molecule has 1 fully saturated rings. The number of nitrogens with zero attached hydrogens (tertiary/aromatic N) is 2. The van der Waals surface area contributed by atoms with Gasteiger partial charge in [-0.2, -0.15) is 0 Å². The van der Waals surface area contributed by atoms with Gasteiger partial charge in [-0.25, -0.2) is 0 Å². The van der Waals surface area contributed by atoms with Crippen LogP contribution in [0.5, 0.6) is 0 Å². The number of piperidine rings is 1. The molecule has 2 aromatic carbocycles. The zero-order chi connectivity index (χ0) is 23.5. The van der Waals surface area contributed by atoms with Crippen molar-refractivity contribution < 1.29 is 9.59 Å². The van der Waals surface area contributed by atoms with Crippen molar-refractivity contribution in [2.45, 2.75) is 59.9 Å². The largest absolute Gasteiger partial charge is 0.338 e. The molecule has 1 N–H and O–H groups in total. The summed E-state index contributed by atoms with van der Waals surface area (Å²) in [5, 5.41) is 3.01. The van der Waals surface area contributed by atoms with Gasteiger partial charge in [0.05, 0.1) is 5.92 Å². The number of hydrogen-bond donors (Lipinski definition) is 1. The van der Waals surface area contributed by atoms with E-state index in [1.54, 1.807) is 0 Å². The molecule has 0 radical (unpaired) electrons. The van der Waals surface area contributed by atoms with Crippen LogP contribution >= 0.6 is 0 Å². The third kappa shape index (κ3) is 5.64. The predicted octanol–water partition coefficient (Wildman–Crippen LogP) is 4.55. The highest BCUT2D eigenvalue weighted by Gasteiger charge is 2.31. The van der Waals surface area contributed by atoms with Crippen molar-refractivity contribution in [2.24, 2.45) is 5.92 Å². The number of hydrogen-bond acceptors (Lipinski definition) is 3. The van der Waals surface area contributed by atoms with Crippen LogP contribution in [0.25, 0.3) is 0 Å². The standard InChI is InChI=1S/C28H37N3O2/c1-19-7-8-26(16-22(19)4)29-27(32)10-12-30-11-5-6-24(17-30)28(33)31-13-9-23-14-20(2)21(3)15-25(23)18-31/h7-8,14-16,24H,5-6,9-13,17-18H2,1-4H3,(H,29,32). The number of amides is 2. The van der Waals surface area contributed by atoms with E-state index < -0.39 is 0 Å². The van der Waals surface area contributed by atoms with E-state index in [2.05, 4.69) is 54.9 Å². The van der Waals surface area contributed by atoms with Crippen molar-refractivity contribution in [3.63, 3.8) is 0 Å². The van der Waals surface area contributed by atoms with Gasteiger partial charge in [0.1, 0.15) is 0 Å². The number of nitrogens with one attached hydrogen (secondary N) is 1. The van der Waals surface area contributed by atoms with Gasteiger partial charge in [-0.3, -0.25) is 9.59 Å². The fraction of sp³-hybridized carbons (Fsp3) is 0.500. The molecule has 2 aromatic rings. The van der Waals surface area contributed by atoms with E-state index in [9.17, 15) is 9.59 Å². The molecule has 2 aliphatic heterocycles. The molecule has 176 valence electrons. The Kier molecular flexibility index (Phi) is 7.18. The van der Waals surface area contributed by atoms with Crippen molar-refractivity contribution in [1.29, 1.82) is 0 Å². The average molecular weight is 448 g/mol. The molecule has 33 heavy (non-hydrogen) atoms. The number of rotatable bonds is 5. The molecule has 2 heterocycles. The van der Waals surface area contributed by atoms with E-state index in [4.69, 9.17) is 0 Å². The van der Waals surface area contributed by atoms with Crippen molar-refractivity contribution in [1.82, 2.24) is 9.80 Å². The van der Waals surface area contributed by atoms with Crippen LogP contribution in [0.1, 0.15) is 52.6 Å². The summed E-state index contributed by atoms with van der Waals surface area (Å²) in [5.74, 6) is 0.350. The summed E-state index contributed by atoms with van der Waals surface area (Å²) in [6, 6.07) is 10.5. The Morgan fingerprint density at radius 1 is 0.939 bits per heavy atom. The van der Waals surface area contributed by atoms with Gasteiger partial charge < -0.3 is 15.1 Å². The first kappa shape index (κ1) is 23.5. The zero-order valence-corrected chi connectivity index (χ0v) is 20.5. The predicted molar refractivity (Wildman–Crippen MR) is 133 cm³/mol. The SMILES string of the molecule is Cc1ccc(NC(=O)CCN2CCCC(C(=O)N3CCc4cc(C)c(C)cc4C3)C2)cc1C. The first-order valence-corrected chi connectivity index (χ1v) is 12.3. The van der Waals surface area contributed by atoms with Crippen LogP contribution in [0.2, 0.25) is 0 Å². The molecule has 0 spiro atoms. The molecule has 1 atom stereocenters. The number of carbonyl (C=O) groups is 2. The summed E-state index contributed by atoms with van der Waals surface area (Å²) >= 11 is 0. The second kappa shape index (κ2) is 10.1. The summed E-state index contributed by atoms with van der Waals surface area (Å²) in [5.41, 5.74) is 8.57. The fourth-order valence-corrected chi connectivity index (χ4v) is 5.06. The zero-order valence-electron chi connectivity index (χ0n) is 20.5. The van der Waals surface area contributed by atoms with Crippen LogP contribution in [0.4, 0.5) is 5.69 Å². The van der Waals surface area contributed by atoms with Crippen molar-refractivity contribution in [3.8, 4) is 0 Å². The highest BCUT2D eigenvalue weighted by Crippen LogP contribution is 2.26. The van der Waals surface area contributed by atoms with Crippen molar-refractivity contribution >= 4 is 17.5 Å². The molecule has 0 aromatic heterocycles. The number of benzene rings is 2. The lowest BCUT2D eigenvalue weighted by Crippen LogP contribution is -2.46. The smallest absolute Gasteiger partial charge is 0.227 e. The van der Waals surface area contributed by atoms with Gasteiger partial charge in [-0.15, -0.1) is 0 Å². The maximum absolute atomic E-state index is 13.3. The molecule has 0 saturated carbocycles. The molecule has 0 bridgehead atoms. The molecule has 4 rings (SSSR count). The molecular weight excluding hydrogens is 410 g/mol. The maximum atomic E-state index is 13.3. The monoisotopic (exact) mass is 447 g/mol. The van der Waals surface area contributed by atoms with Gasteiger partial charge in [-0.1, -0.05) is 18.2 Å². The second-order valence-corrected chi connectivity index (χ2v) is 9.95. The lowest BCUT2D eigenvalue weighted by atomic mass is 9.92. The van der Waals surface area contributed by atoms with Crippen LogP contribution in [-0.4, -0.2) is 47.8 Å². The average Bonchev–Trinajstić information content (AvgIpc) is 2.80. The molecule has 2 amide bonds. The first-order chi connectivity index (χ1) is 15.8. The first-order valence-electron chi connectivity index (χ1n) is 12.3. The summed E-state index contributed by atoms with van der Waals surface area (Å²) in [4.78, 5) is 30.1. The molecule has 1 saturated heterocycles. The van der Waals surface area contributed by atoms with Gasteiger partial charge in [0.15, 0.2) is 0 Å². The maximum Gasteiger partial charge on any atom is 0.227 e. The van der Waals surface area contributed by atoms with E-state index in [0.717, 1.165) is 51.1 Å². The number of carbonyl (C=O) groups excluding carboxylic acids is 2. The van der Waals surface area contributed by atoms with Gasteiger partial charge in [0.25, 0.3) is 0 Å². The van der Waals surface area contributed by atoms with Gasteiger partial charge in [-0.05, 0) is 99.0 Å². The molecule has 1 unspecified atom stereocenters. The fourth-order valence-electron chi connectivity index (χ4n) is 5.06. The number of likely N-dealkylation sites (tertiary alicyclic amines) is 1. The van der Waals surface area contributed by atoms with Gasteiger partial charge in [0, 0.05) is 38.3 Å². The normalized spacial score (nSPS) is 18.7. The summed E-state index contributed by atoms with van der Waals surface area (Å²) in [6.07, 6.45) is 3.35. The van der Waals surface area contributed by atoms with Crippen LogP contribution < -0.4 is 5.32 Å². The van der Waals surface area contributed by atoms with Crippen molar-refractivity contribution in [3.05, 3.63) is 63.7 Å². The van der Waals surface area contributed by atoms with Crippen LogP contribution in [0.3, 0.4) is 0 Å². The van der Waals surface area contributed by atoms with Crippen molar-refractivity contribution in [2.75, 3.05) is 31.5 Å². The summed E-state index contributed by atoms with van der Waals surface area (Å²) in [6.45, 7) is 12.4. The van der Waals surface area contributed by atoms with Gasteiger partial charge >= 0.3 is 0 Å². The minimum absolute atomic E-state index is 0.0324. The Labute approximate surface area is 198 Å². The minimum atomic E-state index is 0.0324. The summed E-state index contributed by atoms with van der Waals surface area (Å²) < 4.78 is 0. The molecule has 0 aliphatic carbocycles. The Morgan fingerprint density at radius 3 is 2.42 bits per heavy atom. The lowest BCUT2D eigenvalue weighted by molar-refractivity contribution is -0.138. The topological polar surface area (TPSA) is 52.7 Å². The highest BCUT2D eigenvalue weighted by atomic mass is 16.2. The quantitative estimate of drug-likeness (QED) is 0.732. The molecular formula is C28H37N3O2. The lowest BCUT2D eigenvalue weighted by Gasteiger charge is -2.37. The third-order valence-corrected chi connectivity index (χ3v) is 7.44. The molecule has 5 nitrogen and oxygen atoms in total. The van der Waals surface area contributed by atoms with Crippen LogP contribution in [0, 0.1) is 33.6 Å². The Hall–Kier alpha value is -2.66. The molecule has 5 heteroatoms. The van der Waals surface area contributed by atoms with Crippen LogP contribution in [0.15, 0.2) is 30.3 Å². The summed E-state index contributed by atoms with van der Waals surface area (Å²) in [7, 11) is 0. The third-order valence-electron chi connectivity index (χ3n) is 7.44. The van der Waals surface area contributed by atoms with Gasteiger partial charge in [0.2, 0.25) is 11.8 Å². The van der Waals surface area contributed by atoms with E-state index in [0.29, 0.717) is 13.0 Å². The van der Waals surface area contributed by atoms with Crippen LogP contribution in [-0.2, 0) is 22.6 Å². The molecule has 2 aliphatic rings. The van der Waals surface area contributed by atoms with E-state index in [1.807, 2.05) is 18.2 Å².